The maximum absolute atomic E-state index is 13.7. The van der Waals surface area contributed by atoms with Crippen molar-refractivity contribution in [2.45, 2.75) is 37.8 Å². The van der Waals surface area contributed by atoms with Gasteiger partial charge in [0.2, 0.25) is 0 Å². The molecule has 4 aromatic rings. The first-order chi connectivity index (χ1) is 14.1. The first-order valence-corrected chi connectivity index (χ1v) is 10.4. The Morgan fingerprint density at radius 1 is 1.10 bits per heavy atom. The summed E-state index contributed by atoms with van der Waals surface area (Å²) in [5.41, 5.74) is 8.76. The van der Waals surface area contributed by atoms with Crippen molar-refractivity contribution in [1.29, 1.82) is 0 Å². The largest absolute Gasteiger partial charge is 0.345 e. The van der Waals surface area contributed by atoms with Crippen molar-refractivity contribution in [2.75, 3.05) is 0 Å². The molecule has 0 aliphatic heterocycles. The summed E-state index contributed by atoms with van der Waals surface area (Å²) in [6.07, 6.45) is 11.5. The monoisotopic (exact) mass is 410 g/mol. The quantitative estimate of drug-likeness (QED) is 0.511. The van der Waals surface area contributed by atoms with E-state index in [-0.39, 0.29) is 12.1 Å². The Labute approximate surface area is 171 Å². The fraction of sp³-hybridized carbons (Fsp3) is 0.381. The molecule has 0 amide bonds. The number of rotatable bonds is 2. The number of fused-ring (bicyclic) bond motifs is 5. The summed E-state index contributed by atoms with van der Waals surface area (Å²) in [5, 5.41) is 2.10. The molecule has 8 heteroatoms. The Morgan fingerprint density at radius 2 is 1.90 bits per heavy atom. The Kier molecular flexibility index (Phi) is 3.74. The average Bonchev–Trinajstić information content (AvgIpc) is 3.29. The highest BCUT2D eigenvalue weighted by Gasteiger charge is 2.43. The van der Waals surface area contributed by atoms with Gasteiger partial charge in [-0.3, -0.25) is 0 Å². The van der Waals surface area contributed by atoms with Crippen LogP contribution in [0.25, 0.3) is 33.5 Å². The van der Waals surface area contributed by atoms with Gasteiger partial charge < -0.3 is 15.3 Å². The number of nitrogens with one attached hydrogen (secondary N) is 1. The molecular formula is C21H20ClFN6. The van der Waals surface area contributed by atoms with Crippen molar-refractivity contribution in [2.24, 2.45) is 17.6 Å². The maximum atomic E-state index is 13.7. The van der Waals surface area contributed by atoms with Crippen molar-refractivity contribution in [1.82, 2.24) is 24.5 Å². The van der Waals surface area contributed by atoms with E-state index in [0.29, 0.717) is 39.3 Å². The van der Waals surface area contributed by atoms with E-state index in [0.717, 1.165) is 11.0 Å². The minimum atomic E-state index is -0.393. The minimum absolute atomic E-state index is 0.110. The van der Waals surface area contributed by atoms with Crippen molar-refractivity contribution in [3.63, 3.8) is 0 Å². The van der Waals surface area contributed by atoms with E-state index < -0.39 is 5.82 Å². The zero-order valence-electron chi connectivity index (χ0n) is 15.6. The molecule has 0 radical (unpaired) electrons. The van der Waals surface area contributed by atoms with Gasteiger partial charge in [-0.15, -0.1) is 0 Å². The van der Waals surface area contributed by atoms with Crippen molar-refractivity contribution >= 4 is 33.7 Å². The standard InChI is InChI=1S/C21H20ClFN6/c22-16-9-29(18-11-3-1-10(2-4-11)17(18)24)21-15(16)8-27-20(28-21)14-7-26-19-13(14)5-12(23)6-25-19/h5-11,17-18H,1-4,24H2,(H,25,26)/t10?,11?,17-,18?/m0/s1. The minimum Gasteiger partial charge on any atom is -0.345 e. The topological polar surface area (TPSA) is 85.4 Å². The lowest BCUT2D eigenvalue weighted by Crippen LogP contribution is -2.49. The van der Waals surface area contributed by atoms with Crippen LogP contribution in [0.5, 0.6) is 0 Å². The summed E-state index contributed by atoms with van der Waals surface area (Å²) in [7, 11) is 0. The summed E-state index contributed by atoms with van der Waals surface area (Å²) in [4.78, 5) is 16.5. The highest BCUT2D eigenvalue weighted by molar-refractivity contribution is 6.35. The molecule has 1 unspecified atom stereocenters. The second-order valence-corrected chi connectivity index (χ2v) is 8.72. The third-order valence-corrected chi connectivity index (χ3v) is 7.12. The van der Waals surface area contributed by atoms with Gasteiger partial charge in [-0.1, -0.05) is 11.6 Å². The number of halogens is 2. The smallest absolute Gasteiger partial charge is 0.163 e. The predicted molar refractivity (Wildman–Crippen MR) is 110 cm³/mol. The lowest BCUT2D eigenvalue weighted by atomic mass is 9.65. The second kappa shape index (κ2) is 6.24. The van der Waals surface area contributed by atoms with Crippen LogP contribution in [0.4, 0.5) is 4.39 Å². The molecule has 3 fully saturated rings. The van der Waals surface area contributed by atoms with Crippen LogP contribution >= 0.6 is 11.6 Å². The number of aromatic nitrogens is 5. The third-order valence-electron chi connectivity index (χ3n) is 6.82. The molecule has 0 aromatic carbocycles. The van der Waals surface area contributed by atoms with Crippen molar-refractivity contribution < 1.29 is 4.39 Å². The molecule has 3 N–H and O–H groups in total. The second-order valence-electron chi connectivity index (χ2n) is 8.31. The molecule has 2 atom stereocenters. The Balaban J connectivity index is 1.52. The fourth-order valence-corrected chi connectivity index (χ4v) is 5.63. The van der Waals surface area contributed by atoms with Crippen LogP contribution < -0.4 is 5.73 Å². The Hall–Kier alpha value is -2.51. The number of pyridine rings is 1. The van der Waals surface area contributed by atoms with Crippen LogP contribution in [0.15, 0.2) is 30.9 Å². The molecule has 0 spiro atoms. The van der Waals surface area contributed by atoms with E-state index in [1.54, 1.807) is 12.4 Å². The van der Waals surface area contributed by atoms with Crippen LogP contribution in [0, 0.1) is 17.7 Å². The van der Waals surface area contributed by atoms with Gasteiger partial charge >= 0.3 is 0 Å². The van der Waals surface area contributed by atoms with Crippen LogP contribution in [-0.2, 0) is 0 Å². The molecule has 6 nitrogen and oxygen atoms in total. The van der Waals surface area contributed by atoms with Gasteiger partial charge in [0.1, 0.15) is 17.1 Å². The lowest BCUT2D eigenvalue weighted by molar-refractivity contribution is 0.0803. The van der Waals surface area contributed by atoms with Crippen molar-refractivity contribution in [3.8, 4) is 11.4 Å². The first kappa shape index (κ1) is 17.4. The van der Waals surface area contributed by atoms with E-state index in [2.05, 4.69) is 19.5 Å². The normalized spacial score (nSPS) is 26.6. The third kappa shape index (κ3) is 2.53. The van der Waals surface area contributed by atoms with Crippen LogP contribution in [0.2, 0.25) is 5.02 Å². The number of hydrogen-bond acceptors (Lipinski definition) is 4. The molecule has 0 saturated heterocycles. The number of aromatic amines is 1. The SMILES string of the molecule is N[C@H]1C2CCC(CC2)C1n1cc(Cl)c2cnc(-c3c[nH]c4ncc(F)cc34)nc21. The van der Waals surface area contributed by atoms with Gasteiger partial charge in [0, 0.05) is 35.6 Å². The molecular weight excluding hydrogens is 391 g/mol. The molecule has 2 bridgehead atoms. The molecule has 148 valence electrons. The van der Waals surface area contributed by atoms with E-state index in [9.17, 15) is 4.39 Å². The van der Waals surface area contributed by atoms with E-state index in [1.807, 2.05) is 6.20 Å². The zero-order chi connectivity index (χ0) is 19.7. The molecule has 29 heavy (non-hydrogen) atoms. The van der Waals surface area contributed by atoms with E-state index in [4.69, 9.17) is 22.3 Å². The highest BCUT2D eigenvalue weighted by atomic mass is 35.5. The van der Waals surface area contributed by atoms with Gasteiger partial charge in [0.05, 0.1) is 22.6 Å². The number of H-pyrrole nitrogens is 1. The molecule has 7 rings (SSSR count). The number of nitrogens with two attached hydrogens (primary N) is 1. The van der Waals surface area contributed by atoms with E-state index in [1.165, 1.54) is 37.9 Å². The Morgan fingerprint density at radius 3 is 2.69 bits per heavy atom. The van der Waals surface area contributed by atoms with E-state index >= 15 is 0 Å². The predicted octanol–water partition coefficient (Wildman–Crippen LogP) is 4.46. The molecule has 4 heterocycles. The summed E-state index contributed by atoms with van der Waals surface area (Å²) < 4.78 is 15.9. The van der Waals surface area contributed by atoms with Gasteiger partial charge in [-0.2, -0.15) is 0 Å². The van der Waals surface area contributed by atoms with Gasteiger partial charge in [-0.05, 0) is 43.6 Å². The van der Waals surface area contributed by atoms with Gasteiger partial charge in [-0.25, -0.2) is 19.3 Å². The molecule has 3 aliphatic rings. The van der Waals surface area contributed by atoms with Crippen LogP contribution in [-0.4, -0.2) is 30.5 Å². The first-order valence-electron chi connectivity index (χ1n) is 10.0. The fourth-order valence-electron chi connectivity index (χ4n) is 5.39. The molecule has 4 aromatic heterocycles. The van der Waals surface area contributed by atoms with Crippen LogP contribution in [0.1, 0.15) is 31.7 Å². The summed E-state index contributed by atoms with van der Waals surface area (Å²) in [5.74, 6) is 1.23. The van der Waals surface area contributed by atoms with Crippen LogP contribution in [0.3, 0.4) is 0 Å². The number of hydrogen-bond donors (Lipinski definition) is 2. The van der Waals surface area contributed by atoms with Gasteiger partial charge in [0.25, 0.3) is 0 Å². The summed E-state index contributed by atoms with van der Waals surface area (Å²) in [6, 6.07) is 1.75. The zero-order valence-corrected chi connectivity index (χ0v) is 16.4. The molecule has 3 aliphatic carbocycles. The summed E-state index contributed by atoms with van der Waals surface area (Å²) >= 11 is 6.53. The average molecular weight is 411 g/mol. The van der Waals surface area contributed by atoms with Crippen molar-refractivity contribution in [3.05, 3.63) is 41.7 Å². The highest BCUT2D eigenvalue weighted by Crippen LogP contribution is 2.48. The maximum Gasteiger partial charge on any atom is 0.163 e. The van der Waals surface area contributed by atoms with Gasteiger partial charge in [0.15, 0.2) is 5.82 Å². The Bertz CT molecular complexity index is 1240. The molecule has 3 saturated carbocycles. The number of nitrogens with zero attached hydrogens (tertiary/aromatic N) is 4. The summed E-state index contributed by atoms with van der Waals surface area (Å²) in [6.45, 7) is 0. The lowest BCUT2D eigenvalue weighted by Gasteiger charge is -2.47.